The quantitative estimate of drug-likeness (QED) is 0.879. The number of hydrogen-bond acceptors (Lipinski definition) is 4. The highest BCUT2D eigenvalue weighted by Crippen LogP contribution is 2.23. The van der Waals surface area contributed by atoms with Crippen LogP contribution in [0.1, 0.15) is 25.1 Å². The van der Waals surface area contributed by atoms with Crippen molar-refractivity contribution in [3.05, 3.63) is 40.1 Å². The highest BCUT2D eigenvalue weighted by atomic mass is 79.9. The molecular weight excluding hydrogens is 320 g/mol. The summed E-state index contributed by atoms with van der Waals surface area (Å²) < 4.78 is 8.11. The van der Waals surface area contributed by atoms with Crippen LogP contribution in [0.25, 0.3) is 0 Å². The van der Waals surface area contributed by atoms with Gasteiger partial charge in [0.2, 0.25) is 0 Å². The fourth-order valence-electron chi connectivity index (χ4n) is 1.78. The number of halogens is 1. The lowest BCUT2D eigenvalue weighted by molar-refractivity contribution is 0.414. The lowest BCUT2D eigenvalue weighted by Crippen LogP contribution is -2.21. The van der Waals surface area contributed by atoms with Gasteiger partial charge in [0.05, 0.1) is 25.5 Å². The zero-order valence-electron chi connectivity index (χ0n) is 11.9. The van der Waals surface area contributed by atoms with Crippen LogP contribution >= 0.6 is 15.9 Å². The molecular formula is C14H19BrN4O. The number of rotatable bonds is 6. The second-order valence-electron chi connectivity index (χ2n) is 4.90. The van der Waals surface area contributed by atoms with E-state index in [9.17, 15) is 0 Å². The molecule has 2 aromatic rings. The minimum Gasteiger partial charge on any atom is -0.497 e. The van der Waals surface area contributed by atoms with Gasteiger partial charge in [0.15, 0.2) is 0 Å². The molecule has 108 valence electrons. The molecule has 0 atom stereocenters. The fraction of sp³-hybridized carbons (Fsp3) is 0.429. The predicted octanol–water partition coefficient (Wildman–Crippen LogP) is 2.60. The number of nitrogens with zero attached hydrogens (tertiary/aromatic N) is 3. The maximum absolute atomic E-state index is 5.24. The Morgan fingerprint density at radius 3 is 2.90 bits per heavy atom. The molecule has 2 rings (SSSR count). The summed E-state index contributed by atoms with van der Waals surface area (Å²) in [5.41, 5.74) is 2.05. The number of aromatic nitrogens is 3. The van der Waals surface area contributed by atoms with Crippen LogP contribution in [0.5, 0.6) is 5.75 Å². The van der Waals surface area contributed by atoms with Gasteiger partial charge in [-0.2, -0.15) is 0 Å². The number of hydrogen-bond donors (Lipinski definition) is 1. The van der Waals surface area contributed by atoms with E-state index in [0.717, 1.165) is 28.0 Å². The number of ether oxygens (including phenoxy) is 1. The van der Waals surface area contributed by atoms with E-state index >= 15 is 0 Å². The molecule has 6 heteroatoms. The van der Waals surface area contributed by atoms with Crippen LogP contribution in [0.15, 0.2) is 28.9 Å². The van der Waals surface area contributed by atoms with Gasteiger partial charge in [-0.15, -0.1) is 5.10 Å². The first-order valence-corrected chi connectivity index (χ1v) is 7.32. The van der Waals surface area contributed by atoms with Crippen molar-refractivity contribution >= 4 is 15.9 Å². The molecule has 0 saturated heterocycles. The van der Waals surface area contributed by atoms with Gasteiger partial charge in [-0.1, -0.05) is 35.0 Å². The molecule has 0 radical (unpaired) electrons. The van der Waals surface area contributed by atoms with E-state index in [1.54, 1.807) is 7.11 Å². The number of methoxy groups -OCH3 is 1. The summed E-state index contributed by atoms with van der Waals surface area (Å²) >= 11 is 3.54. The molecule has 20 heavy (non-hydrogen) atoms. The predicted molar refractivity (Wildman–Crippen MR) is 81.8 cm³/mol. The van der Waals surface area contributed by atoms with Crippen LogP contribution in [0.4, 0.5) is 0 Å². The lowest BCUT2D eigenvalue weighted by Gasteiger charge is -2.07. The van der Waals surface area contributed by atoms with Gasteiger partial charge in [0.25, 0.3) is 0 Å². The fourth-order valence-corrected chi connectivity index (χ4v) is 2.15. The highest BCUT2D eigenvalue weighted by molar-refractivity contribution is 9.10. The summed E-state index contributed by atoms with van der Waals surface area (Å²) in [6.07, 6.45) is 1.96. The van der Waals surface area contributed by atoms with E-state index < -0.39 is 0 Å². The average molecular weight is 339 g/mol. The van der Waals surface area contributed by atoms with E-state index in [1.807, 2.05) is 29.1 Å². The van der Waals surface area contributed by atoms with E-state index in [0.29, 0.717) is 12.6 Å². The van der Waals surface area contributed by atoms with E-state index in [1.165, 1.54) is 0 Å². The van der Waals surface area contributed by atoms with Crippen molar-refractivity contribution in [2.24, 2.45) is 0 Å². The Kier molecular flexibility index (Phi) is 5.14. The van der Waals surface area contributed by atoms with Gasteiger partial charge in [-0.05, 0) is 23.8 Å². The molecule has 1 aromatic carbocycles. The topological polar surface area (TPSA) is 52.0 Å². The maximum Gasteiger partial charge on any atom is 0.119 e. The van der Waals surface area contributed by atoms with Crippen LogP contribution in [0.2, 0.25) is 0 Å². The van der Waals surface area contributed by atoms with Crippen LogP contribution in [0.3, 0.4) is 0 Å². The zero-order valence-corrected chi connectivity index (χ0v) is 13.5. The van der Waals surface area contributed by atoms with Crippen LogP contribution in [0, 0.1) is 0 Å². The molecule has 0 unspecified atom stereocenters. The Hall–Kier alpha value is -1.40. The largest absolute Gasteiger partial charge is 0.497 e. The molecule has 1 aromatic heterocycles. The molecule has 0 aliphatic rings. The van der Waals surface area contributed by atoms with Crippen LogP contribution in [-0.2, 0) is 13.1 Å². The van der Waals surface area contributed by atoms with Gasteiger partial charge in [0.1, 0.15) is 5.75 Å². The molecule has 0 bridgehead atoms. The minimum atomic E-state index is 0.438. The van der Waals surface area contributed by atoms with Crippen molar-refractivity contribution in [3.8, 4) is 5.75 Å². The second-order valence-corrected chi connectivity index (χ2v) is 5.75. The third kappa shape index (κ3) is 4.05. The Morgan fingerprint density at radius 2 is 2.20 bits per heavy atom. The Morgan fingerprint density at radius 1 is 1.40 bits per heavy atom. The summed E-state index contributed by atoms with van der Waals surface area (Å²) in [5, 5.41) is 11.6. The first-order valence-electron chi connectivity index (χ1n) is 6.53. The third-order valence-electron chi connectivity index (χ3n) is 2.86. The van der Waals surface area contributed by atoms with Crippen molar-refractivity contribution < 1.29 is 4.74 Å². The summed E-state index contributed by atoms with van der Waals surface area (Å²) in [6, 6.07) is 6.34. The molecule has 0 aliphatic carbocycles. The molecule has 5 nitrogen and oxygen atoms in total. The summed E-state index contributed by atoms with van der Waals surface area (Å²) in [6.45, 7) is 5.61. The summed E-state index contributed by atoms with van der Waals surface area (Å²) in [4.78, 5) is 0. The van der Waals surface area contributed by atoms with Crippen LogP contribution < -0.4 is 10.1 Å². The van der Waals surface area contributed by atoms with Crippen molar-refractivity contribution in [1.82, 2.24) is 20.3 Å². The smallest absolute Gasteiger partial charge is 0.119 e. The maximum atomic E-state index is 5.24. The molecule has 1 heterocycles. The van der Waals surface area contributed by atoms with Crippen molar-refractivity contribution in [2.75, 3.05) is 7.11 Å². The van der Waals surface area contributed by atoms with Crippen LogP contribution in [-0.4, -0.2) is 28.1 Å². The number of nitrogens with one attached hydrogen (secondary N) is 1. The Balaban J connectivity index is 2.06. The molecule has 1 N–H and O–H groups in total. The molecule has 0 spiro atoms. The first kappa shape index (κ1) is 15.0. The van der Waals surface area contributed by atoms with E-state index in [4.69, 9.17) is 4.74 Å². The highest BCUT2D eigenvalue weighted by Gasteiger charge is 2.06. The number of benzene rings is 1. The van der Waals surface area contributed by atoms with Gasteiger partial charge >= 0.3 is 0 Å². The molecule has 0 saturated carbocycles. The standard InChI is InChI=1S/C14H19BrN4O/c1-10(2)16-7-12-9-19(18-17-12)8-11-6-13(20-3)4-5-14(11)15/h4-6,9-10,16H,7-8H2,1-3H3. The third-order valence-corrected chi connectivity index (χ3v) is 3.64. The van der Waals surface area contributed by atoms with Gasteiger partial charge < -0.3 is 10.1 Å². The molecule has 0 amide bonds. The van der Waals surface area contributed by atoms with Crippen molar-refractivity contribution in [3.63, 3.8) is 0 Å². The minimum absolute atomic E-state index is 0.438. The van der Waals surface area contributed by atoms with Gasteiger partial charge in [0, 0.05) is 17.1 Å². The first-order chi connectivity index (χ1) is 9.58. The second kappa shape index (κ2) is 6.85. The Bertz CT molecular complexity index is 568. The van der Waals surface area contributed by atoms with Gasteiger partial charge in [-0.25, -0.2) is 4.68 Å². The monoisotopic (exact) mass is 338 g/mol. The Labute approximate surface area is 127 Å². The van der Waals surface area contributed by atoms with Crippen molar-refractivity contribution in [1.29, 1.82) is 0 Å². The summed E-state index contributed by atoms with van der Waals surface area (Å²) in [7, 11) is 1.66. The molecule has 0 aliphatic heterocycles. The molecule has 0 fully saturated rings. The van der Waals surface area contributed by atoms with E-state index in [2.05, 4.69) is 45.4 Å². The normalized spacial score (nSPS) is 11.1. The average Bonchev–Trinajstić information content (AvgIpc) is 2.86. The van der Waals surface area contributed by atoms with Crippen molar-refractivity contribution in [2.45, 2.75) is 33.0 Å². The van der Waals surface area contributed by atoms with E-state index in [-0.39, 0.29) is 0 Å². The van der Waals surface area contributed by atoms with Gasteiger partial charge in [-0.3, -0.25) is 0 Å². The zero-order chi connectivity index (χ0) is 14.5. The lowest BCUT2D eigenvalue weighted by atomic mass is 10.2. The summed E-state index contributed by atoms with van der Waals surface area (Å²) in [5.74, 6) is 0.838. The SMILES string of the molecule is COc1ccc(Br)c(Cn2cc(CNC(C)C)nn2)c1.